The molecule has 0 saturated heterocycles. The van der Waals surface area contributed by atoms with Gasteiger partial charge in [-0.2, -0.15) is 5.10 Å². The van der Waals surface area contributed by atoms with Crippen LogP contribution in [-0.4, -0.2) is 30.8 Å². The number of hydrogen-bond acceptors (Lipinski definition) is 4. The SMILES string of the molecule is c1cn2cc(-c3ccc4cc[nH]c4c3)cc(Nc3cc4n(n3)CCOC4)c2n1. The summed E-state index contributed by atoms with van der Waals surface area (Å²) in [6, 6.07) is 12.7. The van der Waals surface area contributed by atoms with Crippen LogP contribution in [-0.2, 0) is 17.9 Å². The number of nitrogens with zero attached hydrogens (tertiary/aromatic N) is 4. The average Bonchev–Trinajstić information content (AvgIpc) is 3.45. The third kappa shape index (κ3) is 2.48. The van der Waals surface area contributed by atoms with Crippen LogP contribution in [0.4, 0.5) is 11.5 Å². The molecule has 0 atom stereocenters. The maximum Gasteiger partial charge on any atom is 0.160 e. The molecule has 1 aliphatic rings. The van der Waals surface area contributed by atoms with Crippen molar-refractivity contribution in [2.24, 2.45) is 0 Å². The van der Waals surface area contributed by atoms with E-state index in [1.807, 2.05) is 33.7 Å². The molecule has 0 amide bonds. The highest BCUT2D eigenvalue weighted by molar-refractivity contribution is 5.86. The van der Waals surface area contributed by atoms with E-state index in [1.165, 1.54) is 5.39 Å². The number of fused-ring (bicyclic) bond motifs is 3. The van der Waals surface area contributed by atoms with Gasteiger partial charge in [-0.1, -0.05) is 12.1 Å². The maximum atomic E-state index is 5.51. The Hall–Kier alpha value is -3.58. The van der Waals surface area contributed by atoms with Gasteiger partial charge in [0.2, 0.25) is 0 Å². The molecule has 138 valence electrons. The molecule has 1 aromatic carbocycles. The van der Waals surface area contributed by atoms with E-state index in [9.17, 15) is 0 Å². The van der Waals surface area contributed by atoms with E-state index < -0.39 is 0 Å². The Bertz CT molecular complexity index is 1290. The molecule has 5 aromatic rings. The molecule has 1 aliphatic heterocycles. The number of aromatic nitrogens is 5. The lowest BCUT2D eigenvalue weighted by Crippen LogP contribution is -2.16. The number of pyridine rings is 1. The summed E-state index contributed by atoms with van der Waals surface area (Å²) in [6.45, 7) is 2.09. The third-order valence-electron chi connectivity index (χ3n) is 5.20. The van der Waals surface area contributed by atoms with Crippen molar-refractivity contribution in [3.05, 3.63) is 66.9 Å². The van der Waals surface area contributed by atoms with Crippen LogP contribution in [0.5, 0.6) is 0 Å². The van der Waals surface area contributed by atoms with E-state index >= 15 is 0 Å². The van der Waals surface area contributed by atoms with Gasteiger partial charge >= 0.3 is 0 Å². The van der Waals surface area contributed by atoms with Crippen LogP contribution >= 0.6 is 0 Å². The summed E-state index contributed by atoms with van der Waals surface area (Å²) < 4.78 is 9.55. The van der Waals surface area contributed by atoms with Gasteiger partial charge in [0.05, 0.1) is 31.1 Å². The average molecular weight is 370 g/mol. The molecule has 0 unspecified atom stereocenters. The number of aromatic amines is 1. The monoisotopic (exact) mass is 370 g/mol. The zero-order chi connectivity index (χ0) is 18.5. The molecule has 2 N–H and O–H groups in total. The zero-order valence-corrected chi connectivity index (χ0v) is 15.1. The topological polar surface area (TPSA) is 72.2 Å². The molecule has 0 fully saturated rings. The Morgan fingerprint density at radius 2 is 2.11 bits per heavy atom. The summed E-state index contributed by atoms with van der Waals surface area (Å²) in [6.07, 6.45) is 7.84. The first kappa shape index (κ1) is 15.5. The number of imidazole rings is 1. The van der Waals surface area contributed by atoms with E-state index in [0.717, 1.165) is 46.0 Å². The van der Waals surface area contributed by atoms with E-state index in [1.54, 1.807) is 0 Å². The Balaban J connectivity index is 1.44. The van der Waals surface area contributed by atoms with Gasteiger partial charge in [-0.25, -0.2) is 4.98 Å². The van der Waals surface area contributed by atoms with Crippen LogP contribution in [0.25, 0.3) is 27.7 Å². The molecular formula is C21H18N6O. The summed E-state index contributed by atoms with van der Waals surface area (Å²) in [5, 5.41) is 9.32. The minimum atomic E-state index is 0.601. The van der Waals surface area contributed by atoms with Crippen LogP contribution in [0, 0.1) is 0 Å². The second kappa shape index (κ2) is 5.97. The van der Waals surface area contributed by atoms with Crippen molar-refractivity contribution >= 4 is 28.1 Å². The highest BCUT2D eigenvalue weighted by Gasteiger charge is 2.14. The quantitative estimate of drug-likeness (QED) is 0.504. The van der Waals surface area contributed by atoms with Crippen molar-refractivity contribution in [2.45, 2.75) is 13.2 Å². The van der Waals surface area contributed by atoms with Crippen molar-refractivity contribution in [3.63, 3.8) is 0 Å². The largest absolute Gasteiger partial charge is 0.373 e. The third-order valence-corrected chi connectivity index (χ3v) is 5.20. The smallest absolute Gasteiger partial charge is 0.160 e. The molecule has 28 heavy (non-hydrogen) atoms. The number of ether oxygens (including phenoxy) is 1. The summed E-state index contributed by atoms with van der Waals surface area (Å²) in [5.74, 6) is 0.808. The summed E-state index contributed by atoms with van der Waals surface area (Å²) in [5.41, 5.74) is 6.25. The van der Waals surface area contributed by atoms with E-state index in [4.69, 9.17) is 4.74 Å². The molecule has 0 saturated carbocycles. The number of rotatable bonds is 3. The van der Waals surface area contributed by atoms with E-state index in [2.05, 4.69) is 56.9 Å². The number of anilines is 2. The van der Waals surface area contributed by atoms with Crippen LogP contribution in [0.1, 0.15) is 5.69 Å². The van der Waals surface area contributed by atoms with Crippen molar-refractivity contribution in [3.8, 4) is 11.1 Å². The Labute approximate surface area is 160 Å². The van der Waals surface area contributed by atoms with Crippen molar-refractivity contribution in [2.75, 3.05) is 11.9 Å². The van der Waals surface area contributed by atoms with Crippen molar-refractivity contribution in [1.82, 2.24) is 24.1 Å². The number of benzene rings is 1. The predicted molar refractivity (Wildman–Crippen MR) is 108 cm³/mol. The summed E-state index contributed by atoms with van der Waals surface area (Å²) in [4.78, 5) is 7.79. The maximum absolute atomic E-state index is 5.51. The first-order valence-corrected chi connectivity index (χ1v) is 9.29. The van der Waals surface area contributed by atoms with Crippen molar-refractivity contribution < 1.29 is 4.74 Å². The molecule has 4 aromatic heterocycles. The normalized spacial score (nSPS) is 13.9. The van der Waals surface area contributed by atoms with Gasteiger partial charge in [0, 0.05) is 41.9 Å². The van der Waals surface area contributed by atoms with Gasteiger partial charge in [-0.3, -0.25) is 4.68 Å². The number of hydrogen-bond donors (Lipinski definition) is 2. The van der Waals surface area contributed by atoms with Gasteiger partial charge in [0.15, 0.2) is 11.5 Å². The lowest BCUT2D eigenvalue weighted by atomic mass is 10.1. The predicted octanol–water partition coefficient (Wildman–Crippen LogP) is 3.95. The fourth-order valence-corrected chi connectivity index (χ4v) is 3.80. The van der Waals surface area contributed by atoms with Gasteiger partial charge in [-0.05, 0) is 29.1 Å². The van der Waals surface area contributed by atoms with Gasteiger partial charge in [-0.15, -0.1) is 0 Å². The second-order valence-electron chi connectivity index (χ2n) is 7.00. The Morgan fingerprint density at radius 3 is 3.07 bits per heavy atom. The van der Waals surface area contributed by atoms with Crippen LogP contribution in [0.15, 0.2) is 61.2 Å². The molecular weight excluding hydrogens is 352 g/mol. The minimum absolute atomic E-state index is 0.601. The first-order chi connectivity index (χ1) is 13.8. The molecule has 6 rings (SSSR count). The Morgan fingerprint density at radius 1 is 1.11 bits per heavy atom. The molecule has 0 bridgehead atoms. The molecule has 0 spiro atoms. The summed E-state index contributed by atoms with van der Waals surface area (Å²) >= 11 is 0. The minimum Gasteiger partial charge on any atom is -0.373 e. The molecule has 7 heteroatoms. The van der Waals surface area contributed by atoms with Gasteiger partial charge in [0.1, 0.15) is 0 Å². The fourth-order valence-electron chi connectivity index (χ4n) is 3.80. The number of H-pyrrole nitrogens is 1. The van der Waals surface area contributed by atoms with E-state index in [0.29, 0.717) is 13.2 Å². The van der Waals surface area contributed by atoms with Crippen LogP contribution in [0.3, 0.4) is 0 Å². The first-order valence-electron chi connectivity index (χ1n) is 9.29. The number of nitrogens with one attached hydrogen (secondary N) is 2. The Kier molecular flexibility index (Phi) is 3.30. The fraction of sp³-hybridized carbons (Fsp3) is 0.143. The highest BCUT2D eigenvalue weighted by atomic mass is 16.5. The van der Waals surface area contributed by atoms with Crippen LogP contribution < -0.4 is 5.32 Å². The molecule has 5 heterocycles. The summed E-state index contributed by atoms with van der Waals surface area (Å²) in [7, 11) is 0. The lowest BCUT2D eigenvalue weighted by Gasteiger charge is -2.12. The molecule has 7 nitrogen and oxygen atoms in total. The lowest BCUT2D eigenvalue weighted by molar-refractivity contribution is 0.0801. The van der Waals surface area contributed by atoms with Gasteiger partial charge in [0.25, 0.3) is 0 Å². The second-order valence-corrected chi connectivity index (χ2v) is 7.00. The van der Waals surface area contributed by atoms with E-state index in [-0.39, 0.29) is 0 Å². The molecule has 0 aliphatic carbocycles. The van der Waals surface area contributed by atoms with Gasteiger partial charge < -0.3 is 19.4 Å². The zero-order valence-electron chi connectivity index (χ0n) is 15.1. The highest BCUT2D eigenvalue weighted by Crippen LogP contribution is 2.30. The standard InChI is InChI=1S/C21H18N6O/c1-2-15(9-18-14(1)3-4-22-18)16-10-19(21-23-5-6-26(21)12-16)24-20-11-17-13-28-8-7-27(17)25-20/h1-6,9-12,22H,7-8,13H2,(H,24,25). The molecule has 0 radical (unpaired) electrons. The van der Waals surface area contributed by atoms with Crippen LogP contribution in [0.2, 0.25) is 0 Å². The van der Waals surface area contributed by atoms with Crippen molar-refractivity contribution in [1.29, 1.82) is 0 Å².